The number of carbonyl (C=O) groups excluding carboxylic acids is 3. The van der Waals surface area contributed by atoms with E-state index in [1.165, 1.54) is 35.6 Å². The molecule has 1 aromatic heterocycles. The van der Waals surface area contributed by atoms with Crippen molar-refractivity contribution in [2.24, 2.45) is 5.92 Å². The number of ketones is 1. The molecule has 12 heteroatoms. The fourth-order valence-electron chi connectivity index (χ4n) is 4.61. The molecular weight excluding hydrogens is 553 g/mol. The topological polar surface area (TPSA) is 136 Å². The van der Waals surface area contributed by atoms with Crippen LogP contribution in [0, 0.1) is 11.7 Å². The molecule has 0 radical (unpaired) electrons. The molecule has 10 nitrogen and oxygen atoms in total. The van der Waals surface area contributed by atoms with E-state index in [9.17, 15) is 27.2 Å². The molecule has 41 heavy (non-hydrogen) atoms. The number of hydrogen-bond acceptors (Lipinski definition) is 8. The maximum atomic E-state index is 14.2. The van der Waals surface area contributed by atoms with E-state index < -0.39 is 63.1 Å². The van der Waals surface area contributed by atoms with Crippen molar-refractivity contribution < 1.29 is 36.3 Å². The van der Waals surface area contributed by atoms with Gasteiger partial charge in [0, 0.05) is 25.1 Å². The second kappa shape index (κ2) is 14.1. The first kappa shape index (κ1) is 30.1. The summed E-state index contributed by atoms with van der Waals surface area (Å²) in [6.45, 7) is 1.30. The zero-order valence-electron chi connectivity index (χ0n) is 22.4. The number of sulfone groups is 1. The molecule has 0 bridgehead atoms. The van der Waals surface area contributed by atoms with Gasteiger partial charge in [0.1, 0.15) is 12.1 Å². The molecule has 1 fully saturated rings. The Hall–Kier alpha value is -3.90. The lowest BCUT2D eigenvalue weighted by molar-refractivity contribution is -0.139. The van der Waals surface area contributed by atoms with Crippen LogP contribution in [0.25, 0.3) is 0 Å². The van der Waals surface area contributed by atoms with Crippen LogP contribution in [0.2, 0.25) is 0 Å². The van der Waals surface area contributed by atoms with Crippen LogP contribution < -0.4 is 5.32 Å². The second-order valence-corrected chi connectivity index (χ2v) is 11.9. The number of oxazole rings is 1. The Morgan fingerprint density at radius 3 is 2.41 bits per heavy atom. The highest BCUT2D eigenvalue weighted by molar-refractivity contribution is 7.90. The van der Waals surface area contributed by atoms with Crippen molar-refractivity contribution in [1.82, 2.24) is 15.2 Å². The number of amides is 2. The Balaban J connectivity index is 1.54. The molecular formula is C29H32FN3O7S. The van der Waals surface area contributed by atoms with E-state index in [-0.39, 0.29) is 17.9 Å². The fraction of sp³-hybridized carbons (Fsp3) is 0.379. The summed E-state index contributed by atoms with van der Waals surface area (Å²) in [7, 11) is -4.04. The van der Waals surface area contributed by atoms with Gasteiger partial charge in [-0.05, 0) is 24.5 Å². The van der Waals surface area contributed by atoms with Crippen LogP contribution >= 0.6 is 0 Å². The van der Waals surface area contributed by atoms with Crippen molar-refractivity contribution in [3.05, 3.63) is 89.9 Å². The van der Waals surface area contributed by atoms with Crippen molar-refractivity contribution in [1.29, 1.82) is 0 Å². The minimum Gasteiger partial charge on any atom is -0.442 e. The quantitative estimate of drug-likeness (QED) is 0.303. The van der Waals surface area contributed by atoms with Gasteiger partial charge in [0.2, 0.25) is 17.6 Å². The van der Waals surface area contributed by atoms with E-state index in [0.717, 1.165) is 11.6 Å². The number of carbonyl (C=O) groups is 3. The van der Waals surface area contributed by atoms with Crippen LogP contribution in [-0.2, 0) is 36.3 Å². The van der Waals surface area contributed by atoms with Crippen molar-refractivity contribution >= 4 is 27.4 Å². The lowest BCUT2D eigenvalue weighted by Crippen LogP contribution is -2.48. The number of ether oxygens (including phenoxy) is 1. The third-order valence-electron chi connectivity index (χ3n) is 6.78. The molecule has 2 amide bonds. The number of halogens is 1. The van der Waals surface area contributed by atoms with Crippen LogP contribution in [0.15, 0.2) is 71.5 Å². The summed E-state index contributed by atoms with van der Waals surface area (Å²) in [6, 6.07) is 13.7. The minimum absolute atomic E-state index is 0.0361. The molecule has 1 aliphatic heterocycles. The molecule has 1 saturated heterocycles. The number of benzene rings is 2. The van der Waals surface area contributed by atoms with Gasteiger partial charge in [-0.2, -0.15) is 0 Å². The van der Waals surface area contributed by atoms with Crippen LogP contribution in [-0.4, -0.2) is 74.0 Å². The van der Waals surface area contributed by atoms with Gasteiger partial charge in [-0.15, -0.1) is 0 Å². The summed E-state index contributed by atoms with van der Waals surface area (Å²) < 4.78 is 51.0. The van der Waals surface area contributed by atoms with Crippen molar-refractivity contribution in [3.63, 3.8) is 0 Å². The highest BCUT2D eigenvalue weighted by atomic mass is 32.2. The first-order valence-corrected chi connectivity index (χ1v) is 15.1. The van der Waals surface area contributed by atoms with E-state index >= 15 is 0 Å². The van der Waals surface area contributed by atoms with Crippen LogP contribution in [0.1, 0.15) is 34.7 Å². The molecule has 2 atom stereocenters. The molecule has 218 valence electrons. The summed E-state index contributed by atoms with van der Waals surface area (Å²) in [5.41, 5.74) is 0.893. The van der Waals surface area contributed by atoms with E-state index in [4.69, 9.17) is 9.15 Å². The first-order chi connectivity index (χ1) is 19.7. The Bertz CT molecular complexity index is 1430. The molecule has 4 rings (SSSR count). The van der Waals surface area contributed by atoms with Gasteiger partial charge in [0.15, 0.2) is 9.84 Å². The van der Waals surface area contributed by atoms with E-state index in [1.807, 2.05) is 30.3 Å². The minimum atomic E-state index is -4.04. The predicted octanol–water partition coefficient (Wildman–Crippen LogP) is 2.59. The zero-order chi connectivity index (χ0) is 29.2. The predicted molar refractivity (Wildman–Crippen MR) is 147 cm³/mol. The summed E-state index contributed by atoms with van der Waals surface area (Å²) in [5, 5.41) is 2.66. The number of rotatable bonds is 13. The first-order valence-electron chi connectivity index (χ1n) is 13.3. The summed E-state index contributed by atoms with van der Waals surface area (Å²) in [5.74, 6) is -5.30. The van der Waals surface area contributed by atoms with Crippen molar-refractivity contribution in [3.8, 4) is 0 Å². The van der Waals surface area contributed by atoms with E-state index in [0.29, 0.717) is 32.7 Å². The number of nitrogens with zero attached hydrogens (tertiary/aromatic N) is 2. The van der Waals surface area contributed by atoms with Gasteiger partial charge >= 0.3 is 0 Å². The molecule has 1 unspecified atom stereocenters. The summed E-state index contributed by atoms with van der Waals surface area (Å²) in [4.78, 5) is 45.3. The van der Waals surface area contributed by atoms with Crippen molar-refractivity contribution in [2.45, 2.75) is 31.1 Å². The number of hydrogen-bond donors (Lipinski definition) is 1. The monoisotopic (exact) mass is 585 g/mol. The van der Waals surface area contributed by atoms with Crippen LogP contribution in [0.5, 0.6) is 0 Å². The molecule has 0 saturated carbocycles. The van der Waals surface area contributed by atoms with Crippen molar-refractivity contribution in [2.75, 3.05) is 32.1 Å². The molecule has 2 aromatic carbocycles. The molecule has 1 N–H and O–H groups in total. The number of morpholine rings is 1. The summed E-state index contributed by atoms with van der Waals surface area (Å²) in [6.07, 6.45) is 2.76. The summed E-state index contributed by atoms with van der Waals surface area (Å²) >= 11 is 0. The van der Waals surface area contributed by atoms with Gasteiger partial charge < -0.3 is 19.4 Å². The molecule has 3 aromatic rings. The maximum absolute atomic E-state index is 14.2. The molecule has 0 aliphatic carbocycles. The van der Waals surface area contributed by atoms with Gasteiger partial charge in [-0.25, -0.2) is 17.8 Å². The Morgan fingerprint density at radius 1 is 1.02 bits per heavy atom. The Kier molecular flexibility index (Phi) is 10.4. The number of aryl methyl sites for hydroxylation is 1. The third-order valence-corrected chi connectivity index (χ3v) is 8.45. The van der Waals surface area contributed by atoms with Crippen LogP contribution in [0.4, 0.5) is 4.39 Å². The fourth-order valence-corrected chi connectivity index (χ4v) is 6.31. The second-order valence-electron chi connectivity index (χ2n) is 9.83. The van der Waals surface area contributed by atoms with Crippen LogP contribution in [0.3, 0.4) is 0 Å². The lowest BCUT2D eigenvalue weighted by Gasteiger charge is -2.28. The standard InChI is InChI=1S/C29H32FN3O7S/c30-24-9-5-4-8-22(24)19-41(37,38)20-23(18-26(34)33-13-16-39-17-14-33)28(36)32-25(27(35)29-31-12-15-40-29)11-10-21-6-2-1-3-7-21/h1-9,12,15,23,25H,10-11,13-14,16-20H2,(H,32,36)/t23?,25-/m0/s1. The molecule has 0 spiro atoms. The number of nitrogens with one attached hydrogen (secondary N) is 1. The molecule has 2 heterocycles. The average Bonchev–Trinajstić information content (AvgIpc) is 3.52. The number of Topliss-reactive ketones (excluding diaryl/α,β-unsaturated/α-hetero) is 1. The van der Waals surface area contributed by atoms with Gasteiger partial charge in [0.05, 0.1) is 42.9 Å². The largest absolute Gasteiger partial charge is 0.442 e. The Morgan fingerprint density at radius 2 is 1.73 bits per heavy atom. The van der Waals surface area contributed by atoms with E-state index in [2.05, 4.69) is 10.3 Å². The average molecular weight is 586 g/mol. The van der Waals surface area contributed by atoms with Gasteiger partial charge in [-0.3, -0.25) is 14.4 Å². The zero-order valence-corrected chi connectivity index (χ0v) is 23.2. The SMILES string of the molecule is O=C(N[C@@H](CCc1ccccc1)C(=O)c1ncco1)C(CC(=O)N1CCOCC1)CS(=O)(=O)Cc1ccccc1F. The highest BCUT2D eigenvalue weighted by Gasteiger charge is 2.34. The number of aromatic nitrogens is 1. The molecule has 1 aliphatic rings. The maximum Gasteiger partial charge on any atom is 0.265 e. The van der Waals surface area contributed by atoms with E-state index in [1.54, 1.807) is 0 Å². The highest BCUT2D eigenvalue weighted by Crippen LogP contribution is 2.18. The van der Waals surface area contributed by atoms with Gasteiger partial charge in [0.25, 0.3) is 5.89 Å². The third kappa shape index (κ3) is 8.79. The smallest absolute Gasteiger partial charge is 0.265 e. The van der Waals surface area contributed by atoms with Gasteiger partial charge in [-0.1, -0.05) is 48.5 Å². The normalized spacial score (nSPS) is 15.2. The lowest BCUT2D eigenvalue weighted by atomic mass is 9.99. The Labute approximate surface area is 237 Å².